The molecule has 5 nitrogen and oxygen atoms in total. The third-order valence-corrected chi connectivity index (χ3v) is 4.44. The van der Waals surface area contributed by atoms with Crippen molar-refractivity contribution < 1.29 is 9.90 Å². The first-order valence-electron chi connectivity index (χ1n) is 7.45. The lowest BCUT2D eigenvalue weighted by molar-refractivity contribution is 0.0696. The summed E-state index contributed by atoms with van der Waals surface area (Å²) < 4.78 is 0. The van der Waals surface area contributed by atoms with Crippen molar-refractivity contribution in [2.45, 2.75) is 33.6 Å². The Kier molecular flexibility index (Phi) is 4.52. The molecule has 2 N–H and O–H groups in total. The van der Waals surface area contributed by atoms with Crippen LogP contribution in [0.15, 0.2) is 6.07 Å². The fraction of sp³-hybridized carbons (Fsp3) is 0.625. The molecular formula is C16H25N3O2. The maximum Gasteiger partial charge on any atom is 0.339 e. The Labute approximate surface area is 126 Å². The molecule has 1 aromatic rings. The highest BCUT2D eigenvalue weighted by molar-refractivity contribution is 5.94. The minimum absolute atomic E-state index is 0.196. The summed E-state index contributed by atoms with van der Waals surface area (Å²) in [6.45, 7) is 8.91. The molecule has 0 spiro atoms. The zero-order valence-corrected chi connectivity index (χ0v) is 13.4. The van der Waals surface area contributed by atoms with E-state index in [-0.39, 0.29) is 11.0 Å². The smallest absolute Gasteiger partial charge is 0.339 e. The third kappa shape index (κ3) is 3.73. The molecule has 0 unspecified atom stereocenters. The predicted molar refractivity (Wildman–Crippen MR) is 84.0 cm³/mol. The van der Waals surface area contributed by atoms with E-state index in [2.05, 4.69) is 29.2 Å². The number of aromatic nitrogens is 1. The molecule has 0 aromatic carbocycles. The zero-order valence-electron chi connectivity index (χ0n) is 13.4. The standard InChI is InChI=1S/C16H25N3O2/c1-11-9-12(2)18-14(13(11)15(20)21)17-10-16(3)5-7-19(4)8-6-16/h9H,5-8,10H2,1-4H3,(H,17,18)(H,20,21). The fourth-order valence-corrected chi connectivity index (χ4v) is 2.87. The van der Waals surface area contributed by atoms with E-state index in [0.29, 0.717) is 5.82 Å². The van der Waals surface area contributed by atoms with Gasteiger partial charge in [0.15, 0.2) is 0 Å². The molecule has 1 aliphatic heterocycles. The van der Waals surface area contributed by atoms with Crippen LogP contribution >= 0.6 is 0 Å². The second kappa shape index (κ2) is 6.02. The van der Waals surface area contributed by atoms with Crippen molar-refractivity contribution in [1.29, 1.82) is 0 Å². The number of anilines is 1. The van der Waals surface area contributed by atoms with Crippen LogP contribution < -0.4 is 5.32 Å². The lowest BCUT2D eigenvalue weighted by Crippen LogP contribution is -2.40. The summed E-state index contributed by atoms with van der Waals surface area (Å²) in [6, 6.07) is 1.81. The average Bonchev–Trinajstić information content (AvgIpc) is 2.39. The largest absolute Gasteiger partial charge is 0.478 e. The first kappa shape index (κ1) is 15.8. The Balaban J connectivity index is 2.14. The Hall–Kier alpha value is -1.62. The number of carboxylic acids is 1. The van der Waals surface area contributed by atoms with Gasteiger partial charge in [-0.05, 0) is 63.9 Å². The Bertz CT molecular complexity index is 535. The van der Waals surface area contributed by atoms with E-state index in [4.69, 9.17) is 0 Å². The molecule has 116 valence electrons. The Morgan fingerprint density at radius 2 is 2.05 bits per heavy atom. The molecule has 5 heteroatoms. The summed E-state index contributed by atoms with van der Waals surface area (Å²) >= 11 is 0. The maximum absolute atomic E-state index is 11.4. The van der Waals surface area contributed by atoms with Crippen LogP contribution in [0.25, 0.3) is 0 Å². The summed E-state index contributed by atoms with van der Waals surface area (Å²) in [4.78, 5) is 18.2. The molecule has 0 saturated carbocycles. The van der Waals surface area contributed by atoms with Crippen molar-refractivity contribution in [2.24, 2.45) is 5.41 Å². The van der Waals surface area contributed by atoms with Gasteiger partial charge in [-0.15, -0.1) is 0 Å². The van der Waals surface area contributed by atoms with E-state index >= 15 is 0 Å². The number of hydrogen-bond donors (Lipinski definition) is 2. The van der Waals surface area contributed by atoms with Gasteiger partial charge in [0, 0.05) is 12.2 Å². The van der Waals surface area contributed by atoms with Gasteiger partial charge in [-0.1, -0.05) is 6.92 Å². The number of aryl methyl sites for hydroxylation is 2. The number of hydrogen-bond acceptors (Lipinski definition) is 4. The van der Waals surface area contributed by atoms with Crippen LogP contribution in [0.5, 0.6) is 0 Å². The number of carboxylic acid groups (broad SMARTS) is 1. The molecule has 1 aromatic heterocycles. The molecule has 0 atom stereocenters. The summed E-state index contributed by atoms with van der Waals surface area (Å²) in [5.41, 5.74) is 2.08. The fourth-order valence-electron chi connectivity index (χ4n) is 2.87. The number of piperidine rings is 1. The molecule has 1 saturated heterocycles. The molecule has 0 bridgehead atoms. The van der Waals surface area contributed by atoms with Crippen molar-refractivity contribution in [2.75, 3.05) is 32.0 Å². The molecule has 21 heavy (non-hydrogen) atoms. The van der Waals surface area contributed by atoms with Crippen LogP contribution in [0, 0.1) is 19.3 Å². The van der Waals surface area contributed by atoms with E-state index in [9.17, 15) is 9.90 Å². The SMILES string of the molecule is Cc1cc(C)c(C(=O)O)c(NCC2(C)CCN(C)CC2)n1. The second-order valence-electron chi connectivity index (χ2n) is 6.58. The number of nitrogens with zero attached hydrogens (tertiary/aromatic N) is 2. The highest BCUT2D eigenvalue weighted by Crippen LogP contribution is 2.31. The molecule has 1 fully saturated rings. The lowest BCUT2D eigenvalue weighted by Gasteiger charge is -2.38. The van der Waals surface area contributed by atoms with Gasteiger partial charge >= 0.3 is 5.97 Å². The van der Waals surface area contributed by atoms with Crippen molar-refractivity contribution in [3.05, 3.63) is 22.9 Å². The number of pyridine rings is 1. The summed E-state index contributed by atoms with van der Waals surface area (Å²) in [7, 11) is 2.14. The summed E-state index contributed by atoms with van der Waals surface area (Å²) in [6.07, 6.45) is 2.23. The van der Waals surface area contributed by atoms with Crippen LogP contribution in [0.1, 0.15) is 41.4 Å². The number of aromatic carboxylic acids is 1. The van der Waals surface area contributed by atoms with Crippen LogP contribution in [0.4, 0.5) is 5.82 Å². The van der Waals surface area contributed by atoms with Crippen molar-refractivity contribution in [1.82, 2.24) is 9.88 Å². The second-order valence-corrected chi connectivity index (χ2v) is 6.58. The van der Waals surface area contributed by atoms with Crippen LogP contribution in [0.3, 0.4) is 0 Å². The van der Waals surface area contributed by atoms with E-state index < -0.39 is 5.97 Å². The monoisotopic (exact) mass is 291 g/mol. The molecule has 0 radical (unpaired) electrons. The number of rotatable bonds is 4. The van der Waals surface area contributed by atoms with Gasteiger partial charge in [0.1, 0.15) is 11.4 Å². The first-order chi connectivity index (χ1) is 9.81. The highest BCUT2D eigenvalue weighted by Gasteiger charge is 2.29. The zero-order chi connectivity index (χ0) is 15.6. The van der Waals surface area contributed by atoms with Crippen molar-refractivity contribution in [3.63, 3.8) is 0 Å². The third-order valence-electron chi connectivity index (χ3n) is 4.44. The molecule has 0 amide bonds. The van der Waals surface area contributed by atoms with E-state index in [0.717, 1.165) is 43.7 Å². The molecule has 1 aliphatic rings. The number of likely N-dealkylation sites (tertiary alicyclic amines) is 1. The average molecular weight is 291 g/mol. The highest BCUT2D eigenvalue weighted by atomic mass is 16.4. The van der Waals surface area contributed by atoms with E-state index in [1.807, 2.05) is 19.9 Å². The molecular weight excluding hydrogens is 266 g/mol. The minimum atomic E-state index is -0.920. The van der Waals surface area contributed by atoms with Crippen molar-refractivity contribution in [3.8, 4) is 0 Å². The minimum Gasteiger partial charge on any atom is -0.478 e. The topological polar surface area (TPSA) is 65.5 Å². The maximum atomic E-state index is 11.4. The Morgan fingerprint density at radius 3 is 2.62 bits per heavy atom. The van der Waals surface area contributed by atoms with E-state index in [1.54, 1.807) is 0 Å². The summed E-state index contributed by atoms with van der Waals surface area (Å²) in [5.74, 6) is -0.420. The van der Waals surface area contributed by atoms with Gasteiger partial charge in [0.25, 0.3) is 0 Å². The van der Waals surface area contributed by atoms with E-state index in [1.165, 1.54) is 0 Å². The quantitative estimate of drug-likeness (QED) is 0.892. The number of carbonyl (C=O) groups is 1. The van der Waals surface area contributed by atoms with Crippen LogP contribution in [-0.2, 0) is 0 Å². The molecule has 2 rings (SSSR count). The van der Waals surface area contributed by atoms with Gasteiger partial charge in [-0.2, -0.15) is 0 Å². The predicted octanol–water partition coefficient (Wildman–Crippen LogP) is 2.54. The lowest BCUT2D eigenvalue weighted by atomic mass is 9.80. The van der Waals surface area contributed by atoms with Crippen LogP contribution in [0.2, 0.25) is 0 Å². The number of nitrogens with one attached hydrogen (secondary N) is 1. The van der Waals surface area contributed by atoms with Gasteiger partial charge in [-0.25, -0.2) is 9.78 Å². The van der Waals surface area contributed by atoms with Gasteiger partial charge in [0.05, 0.1) is 0 Å². The summed E-state index contributed by atoms with van der Waals surface area (Å²) in [5, 5.41) is 12.7. The Morgan fingerprint density at radius 1 is 1.43 bits per heavy atom. The van der Waals surface area contributed by atoms with Gasteiger partial charge < -0.3 is 15.3 Å². The van der Waals surface area contributed by atoms with Gasteiger partial charge in [0.2, 0.25) is 0 Å². The van der Waals surface area contributed by atoms with Crippen LogP contribution in [-0.4, -0.2) is 47.6 Å². The molecule has 0 aliphatic carbocycles. The van der Waals surface area contributed by atoms with Crippen molar-refractivity contribution >= 4 is 11.8 Å². The molecule has 2 heterocycles. The first-order valence-corrected chi connectivity index (χ1v) is 7.45. The normalized spacial score (nSPS) is 18.5. The van der Waals surface area contributed by atoms with Gasteiger partial charge in [-0.3, -0.25) is 0 Å².